The van der Waals surface area contributed by atoms with Crippen molar-refractivity contribution in [1.29, 1.82) is 0 Å². The van der Waals surface area contributed by atoms with Gasteiger partial charge in [0.2, 0.25) is 0 Å². The quantitative estimate of drug-likeness (QED) is 0.716. The summed E-state index contributed by atoms with van der Waals surface area (Å²) in [5.74, 6) is 1.27. The maximum absolute atomic E-state index is 12.8. The summed E-state index contributed by atoms with van der Waals surface area (Å²) in [7, 11) is 0. The first kappa shape index (κ1) is 16.7. The van der Waals surface area contributed by atoms with Gasteiger partial charge in [-0.25, -0.2) is 9.97 Å². The van der Waals surface area contributed by atoms with Crippen LogP contribution in [0.1, 0.15) is 28.7 Å². The molecule has 0 saturated carbocycles. The molecule has 2 aromatic heterocycles. The van der Waals surface area contributed by atoms with Crippen LogP contribution in [0.25, 0.3) is 0 Å². The van der Waals surface area contributed by atoms with Crippen molar-refractivity contribution < 1.29 is 9.21 Å². The Labute approximate surface area is 146 Å². The Morgan fingerprint density at radius 3 is 2.72 bits per heavy atom. The highest BCUT2D eigenvalue weighted by atomic mass is 16.3. The van der Waals surface area contributed by atoms with Gasteiger partial charge >= 0.3 is 0 Å². The second-order valence-electron chi connectivity index (χ2n) is 5.53. The van der Waals surface area contributed by atoms with Crippen LogP contribution in [0.3, 0.4) is 0 Å². The fourth-order valence-electron chi connectivity index (χ4n) is 2.45. The van der Waals surface area contributed by atoms with Crippen molar-refractivity contribution in [1.82, 2.24) is 14.9 Å². The van der Waals surface area contributed by atoms with E-state index in [1.807, 2.05) is 49.4 Å². The number of carbonyl (C=O) groups excluding carboxylic acids is 1. The summed E-state index contributed by atoms with van der Waals surface area (Å²) in [4.78, 5) is 22.8. The number of hydrogen-bond donors (Lipinski definition) is 1. The number of amides is 1. The number of benzene rings is 1. The van der Waals surface area contributed by atoms with Gasteiger partial charge in [-0.1, -0.05) is 30.3 Å². The van der Waals surface area contributed by atoms with Crippen LogP contribution in [-0.2, 0) is 13.1 Å². The predicted octanol–water partition coefficient (Wildman–Crippen LogP) is 3.34. The first-order valence-electron chi connectivity index (χ1n) is 8.17. The summed E-state index contributed by atoms with van der Waals surface area (Å²) in [5.41, 5.74) is 1.46. The molecule has 1 N–H and O–H groups in total. The number of aromatic nitrogens is 2. The van der Waals surface area contributed by atoms with E-state index in [1.54, 1.807) is 17.2 Å². The van der Waals surface area contributed by atoms with E-state index in [4.69, 9.17) is 4.42 Å². The molecule has 0 saturated heterocycles. The van der Waals surface area contributed by atoms with E-state index in [-0.39, 0.29) is 5.91 Å². The van der Waals surface area contributed by atoms with Crippen LogP contribution in [0.15, 0.2) is 65.5 Å². The SMILES string of the molecule is CCN(Cc1ccccc1)C(=O)c1cc(NCc2ccco2)ncn1. The normalized spacial score (nSPS) is 10.4. The number of carbonyl (C=O) groups is 1. The zero-order chi connectivity index (χ0) is 17.5. The van der Waals surface area contributed by atoms with Crippen LogP contribution < -0.4 is 5.32 Å². The van der Waals surface area contributed by atoms with Crippen molar-refractivity contribution in [2.24, 2.45) is 0 Å². The van der Waals surface area contributed by atoms with Gasteiger partial charge in [-0.3, -0.25) is 4.79 Å². The third kappa shape index (κ3) is 4.44. The second-order valence-corrected chi connectivity index (χ2v) is 5.53. The molecule has 0 bridgehead atoms. The van der Waals surface area contributed by atoms with E-state index in [9.17, 15) is 4.79 Å². The van der Waals surface area contributed by atoms with Crippen LogP contribution in [0.4, 0.5) is 5.82 Å². The molecule has 0 aliphatic carbocycles. The fraction of sp³-hybridized carbons (Fsp3) is 0.211. The molecule has 0 spiro atoms. The van der Waals surface area contributed by atoms with Crippen LogP contribution in [-0.4, -0.2) is 27.3 Å². The average Bonchev–Trinajstić information content (AvgIpc) is 3.18. The van der Waals surface area contributed by atoms with E-state index in [2.05, 4.69) is 15.3 Å². The Hall–Kier alpha value is -3.15. The van der Waals surface area contributed by atoms with Crippen molar-refractivity contribution in [3.8, 4) is 0 Å². The molecule has 0 atom stereocenters. The third-order valence-electron chi connectivity index (χ3n) is 3.80. The Bertz CT molecular complexity index is 803. The largest absolute Gasteiger partial charge is 0.467 e. The Balaban J connectivity index is 1.68. The van der Waals surface area contributed by atoms with Crippen molar-refractivity contribution in [3.05, 3.63) is 78.1 Å². The molecule has 3 aromatic rings. The Morgan fingerprint density at radius 2 is 2.00 bits per heavy atom. The lowest BCUT2D eigenvalue weighted by atomic mass is 10.2. The van der Waals surface area contributed by atoms with Crippen LogP contribution in [0, 0.1) is 0 Å². The molecule has 1 amide bonds. The highest BCUT2D eigenvalue weighted by Gasteiger charge is 2.16. The van der Waals surface area contributed by atoms with E-state index in [0.29, 0.717) is 31.1 Å². The number of anilines is 1. The van der Waals surface area contributed by atoms with Crippen LogP contribution in [0.2, 0.25) is 0 Å². The molecule has 0 fully saturated rings. The highest BCUT2D eigenvalue weighted by Crippen LogP contribution is 2.12. The minimum absolute atomic E-state index is 0.116. The van der Waals surface area contributed by atoms with Gasteiger partial charge in [0.05, 0.1) is 12.8 Å². The summed E-state index contributed by atoms with van der Waals surface area (Å²) in [6.45, 7) is 3.61. The van der Waals surface area contributed by atoms with Gasteiger partial charge in [0, 0.05) is 19.2 Å². The van der Waals surface area contributed by atoms with Crippen LogP contribution in [0.5, 0.6) is 0 Å². The smallest absolute Gasteiger partial charge is 0.272 e. The summed E-state index contributed by atoms with van der Waals surface area (Å²) in [6, 6.07) is 15.3. The van der Waals surface area contributed by atoms with E-state index in [1.165, 1.54) is 6.33 Å². The van der Waals surface area contributed by atoms with E-state index < -0.39 is 0 Å². The molecule has 128 valence electrons. The number of furan rings is 1. The molecule has 3 rings (SSSR count). The number of rotatable bonds is 7. The fourth-order valence-corrected chi connectivity index (χ4v) is 2.45. The van der Waals surface area contributed by atoms with Gasteiger partial charge < -0.3 is 14.6 Å². The summed E-state index contributed by atoms with van der Waals surface area (Å²) in [5, 5.41) is 3.13. The lowest BCUT2D eigenvalue weighted by Crippen LogP contribution is -2.31. The van der Waals surface area contributed by atoms with Crippen molar-refractivity contribution in [2.45, 2.75) is 20.0 Å². The lowest BCUT2D eigenvalue weighted by Gasteiger charge is -2.20. The van der Waals surface area contributed by atoms with E-state index >= 15 is 0 Å². The maximum Gasteiger partial charge on any atom is 0.272 e. The topological polar surface area (TPSA) is 71.3 Å². The van der Waals surface area contributed by atoms with Crippen LogP contribution >= 0.6 is 0 Å². The molecule has 1 aromatic carbocycles. The van der Waals surface area contributed by atoms with Gasteiger partial charge in [-0.05, 0) is 24.6 Å². The molecule has 0 radical (unpaired) electrons. The van der Waals surface area contributed by atoms with Gasteiger partial charge in [0.25, 0.3) is 5.91 Å². The highest BCUT2D eigenvalue weighted by molar-refractivity contribution is 5.92. The maximum atomic E-state index is 12.8. The predicted molar refractivity (Wildman–Crippen MR) is 94.9 cm³/mol. The van der Waals surface area contributed by atoms with Gasteiger partial charge in [0.1, 0.15) is 23.6 Å². The molecule has 25 heavy (non-hydrogen) atoms. The van der Waals surface area contributed by atoms with Crippen molar-refractivity contribution >= 4 is 11.7 Å². The molecule has 6 heteroatoms. The monoisotopic (exact) mass is 336 g/mol. The van der Waals surface area contributed by atoms with Gasteiger partial charge in [0.15, 0.2) is 0 Å². The first-order valence-corrected chi connectivity index (χ1v) is 8.17. The standard InChI is InChI=1S/C19H20N4O2/c1-2-23(13-15-7-4-3-5-8-15)19(24)17-11-18(22-14-21-17)20-12-16-9-6-10-25-16/h3-11,14H,2,12-13H2,1H3,(H,20,21,22). The Morgan fingerprint density at radius 1 is 1.16 bits per heavy atom. The summed E-state index contributed by atoms with van der Waals surface area (Å²) >= 11 is 0. The summed E-state index contributed by atoms with van der Waals surface area (Å²) < 4.78 is 5.27. The molecule has 0 aliphatic rings. The zero-order valence-corrected chi connectivity index (χ0v) is 14.1. The Kier molecular flexibility index (Phi) is 5.41. The second kappa shape index (κ2) is 8.10. The first-order chi connectivity index (χ1) is 12.3. The molecule has 0 aliphatic heterocycles. The average molecular weight is 336 g/mol. The van der Waals surface area contributed by atoms with E-state index in [0.717, 1.165) is 11.3 Å². The summed E-state index contributed by atoms with van der Waals surface area (Å²) in [6.07, 6.45) is 3.02. The van der Waals surface area contributed by atoms with Gasteiger partial charge in [-0.2, -0.15) is 0 Å². The molecule has 0 unspecified atom stereocenters. The van der Waals surface area contributed by atoms with Crippen molar-refractivity contribution in [3.63, 3.8) is 0 Å². The molecule has 6 nitrogen and oxygen atoms in total. The van der Waals surface area contributed by atoms with Crippen molar-refractivity contribution in [2.75, 3.05) is 11.9 Å². The molecule has 2 heterocycles. The minimum atomic E-state index is -0.116. The molecular weight excluding hydrogens is 316 g/mol. The van der Waals surface area contributed by atoms with Gasteiger partial charge in [-0.15, -0.1) is 0 Å². The zero-order valence-electron chi connectivity index (χ0n) is 14.1. The minimum Gasteiger partial charge on any atom is -0.467 e. The molecular formula is C19H20N4O2. The number of nitrogens with one attached hydrogen (secondary N) is 1. The number of hydrogen-bond acceptors (Lipinski definition) is 5. The number of nitrogens with zero attached hydrogens (tertiary/aromatic N) is 3. The lowest BCUT2D eigenvalue weighted by molar-refractivity contribution is 0.0746. The third-order valence-corrected chi connectivity index (χ3v) is 3.80.